The molecule has 90 valence electrons. The predicted octanol–water partition coefficient (Wildman–Crippen LogP) is 1.81. The Balaban J connectivity index is 0.00000144. The molecule has 0 aliphatic carbocycles. The summed E-state index contributed by atoms with van der Waals surface area (Å²) < 4.78 is 0. The van der Waals surface area contributed by atoms with Crippen LogP contribution in [0.4, 0.5) is 11.6 Å². The Labute approximate surface area is 109 Å². The molecule has 3 N–H and O–H groups in total. The van der Waals surface area contributed by atoms with Gasteiger partial charge in [0.1, 0.15) is 5.88 Å². The van der Waals surface area contributed by atoms with Gasteiger partial charge in [-0.2, -0.15) is 0 Å². The number of hydrogen-bond acceptors (Lipinski definition) is 4. The number of nitrogens with one attached hydrogen (secondary N) is 1. The van der Waals surface area contributed by atoms with Crippen molar-refractivity contribution in [2.45, 2.75) is 0 Å². The first-order valence-corrected chi connectivity index (χ1v) is 5.10. The monoisotopic (exact) mass is 272 g/mol. The maximum absolute atomic E-state index is 11.1. The number of benzene rings is 1. The lowest BCUT2D eigenvalue weighted by Crippen LogP contribution is -2.12. The summed E-state index contributed by atoms with van der Waals surface area (Å²) in [7, 11) is 0. The van der Waals surface area contributed by atoms with Crippen molar-refractivity contribution in [3.05, 3.63) is 24.4 Å². The van der Waals surface area contributed by atoms with E-state index < -0.39 is 0 Å². The molecule has 1 heterocycles. The van der Waals surface area contributed by atoms with Gasteiger partial charge >= 0.3 is 0 Å². The molecule has 0 aliphatic rings. The number of hydrogen-bond donors (Lipinski definition) is 2. The van der Waals surface area contributed by atoms with Gasteiger partial charge in [-0.3, -0.25) is 4.79 Å². The van der Waals surface area contributed by atoms with Crippen LogP contribution in [-0.4, -0.2) is 21.8 Å². The molecule has 0 radical (unpaired) electrons. The van der Waals surface area contributed by atoms with E-state index in [1.165, 1.54) is 0 Å². The maximum atomic E-state index is 11.1. The van der Waals surface area contributed by atoms with Gasteiger partial charge in [-0.15, -0.1) is 24.0 Å². The topological polar surface area (TPSA) is 80.9 Å². The van der Waals surface area contributed by atoms with Gasteiger partial charge in [0.2, 0.25) is 11.9 Å². The van der Waals surface area contributed by atoms with Crippen molar-refractivity contribution in [1.82, 2.24) is 9.97 Å². The van der Waals surface area contributed by atoms with E-state index in [0.717, 1.165) is 10.9 Å². The largest absolute Gasteiger partial charge is 0.368 e. The number of aromatic nitrogens is 2. The van der Waals surface area contributed by atoms with Gasteiger partial charge in [0.25, 0.3) is 0 Å². The van der Waals surface area contributed by atoms with Gasteiger partial charge in [-0.25, -0.2) is 9.97 Å². The van der Waals surface area contributed by atoms with Crippen molar-refractivity contribution < 1.29 is 4.79 Å². The zero-order valence-corrected chi connectivity index (χ0v) is 10.3. The van der Waals surface area contributed by atoms with Crippen LogP contribution in [0.3, 0.4) is 0 Å². The smallest absolute Gasteiger partial charge is 0.239 e. The minimum Gasteiger partial charge on any atom is -0.368 e. The van der Waals surface area contributed by atoms with Gasteiger partial charge in [0, 0.05) is 17.3 Å². The Hall–Kier alpha value is -1.59. The van der Waals surface area contributed by atoms with E-state index in [1.54, 1.807) is 24.4 Å². The molecule has 0 unspecified atom stereocenters. The van der Waals surface area contributed by atoms with Crippen LogP contribution in [0.5, 0.6) is 0 Å². The van der Waals surface area contributed by atoms with E-state index in [2.05, 4.69) is 15.3 Å². The van der Waals surface area contributed by atoms with Crippen LogP contribution >= 0.6 is 24.0 Å². The van der Waals surface area contributed by atoms with Crippen molar-refractivity contribution in [2.24, 2.45) is 0 Å². The highest BCUT2D eigenvalue weighted by Gasteiger charge is 2.02. The fourth-order valence-electron chi connectivity index (χ4n) is 1.32. The number of carbonyl (C=O) groups is 1. The third-order valence-electron chi connectivity index (χ3n) is 2.00. The Morgan fingerprint density at radius 3 is 2.94 bits per heavy atom. The number of nitrogens with two attached hydrogens (primary N) is 1. The molecule has 1 amide bonds. The summed E-state index contributed by atoms with van der Waals surface area (Å²) in [6.07, 6.45) is 1.61. The molecule has 0 spiro atoms. The van der Waals surface area contributed by atoms with Crippen molar-refractivity contribution in [1.29, 1.82) is 0 Å². The minimum absolute atomic E-state index is 0. The lowest BCUT2D eigenvalue weighted by molar-refractivity contribution is -0.113. The molecule has 2 rings (SSSR count). The summed E-state index contributed by atoms with van der Waals surface area (Å²) >= 11 is 5.39. The number of carbonyl (C=O) groups excluding carboxylic acids is 1. The second-order valence-electron chi connectivity index (χ2n) is 3.18. The first-order chi connectivity index (χ1) is 7.69. The van der Waals surface area contributed by atoms with E-state index in [0.29, 0.717) is 5.69 Å². The molecule has 1 aromatic carbocycles. The van der Waals surface area contributed by atoms with Crippen LogP contribution in [0.25, 0.3) is 10.9 Å². The molecule has 2 aromatic rings. The Morgan fingerprint density at radius 1 is 1.47 bits per heavy atom. The molecule has 17 heavy (non-hydrogen) atoms. The van der Waals surface area contributed by atoms with Crippen LogP contribution in [0.15, 0.2) is 24.4 Å². The molecule has 5 nitrogen and oxygen atoms in total. The molecule has 7 heteroatoms. The number of fused-ring (bicyclic) bond motifs is 1. The third kappa shape index (κ3) is 3.18. The fraction of sp³-hybridized carbons (Fsp3) is 0.100. The molecule has 0 atom stereocenters. The summed E-state index contributed by atoms with van der Waals surface area (Å²) in [4.78, 5) is 19.0. The summed E-state index contributed by atoms with van der Waals surface area (Å²) in [6.45, 7) is 0. The number of anilines is 2. The zero-order chi connectivity index (χ0) is 11.5. The average Bonchev–Trinajstić information content (AvgIpc) is 2.29. The van der Waals surface area contributed by atoms with E-state index in [9.17, 15) is 4.79 Å². The lowest BCUT2D eigenvalue weighted by atomic mass is 10.2. The highest BCUT2D eigenvalue weighted by Crippen LogP contribution is 2.17. The Bertz CT molecular complexity index is 547. The average molecular weight is 273 g/mol. The second kappa shape index (κ2) is 5.65. The number of alkyl halides is 1. The van der Waals surface area contributed by atoms with Gasteiger partial charge in [-0.05, 0) is 18.2 Å². The van der Waals surface area contributed by atoms with Crippen LogP contribution in [-0.2, 0) is 4.79 Å². The molecule has 0 saturated carbocycles. The molecular weight excluding hydrogens is 263 g/mol. The van der Waals surface area contributed by atoms with E-state index in [1.807, 2.05) is 0 Å². The van der Waals surface area contributed by atoms with Crippen molar-refractivity contribution in [3.8, 4) is 0 Å². The zero-order valence-electron chi connectivity index (χ0n) is 8.68. The van der Waals surface area contributed by atoms with Crippen molar-refractivity contribution in [3.63, 3.8) is 0 Å². The van der Waals surface area contributed by atoms with Gasteiger partial charge < -0.3 is 11.1 Å². The quantitative estimate of drug-likeness (QED) is 0.818. The second-order valence-corrected chi connectivity index (χ2v) is 3.45. The van der Waals surface area contributed by atoms with Crippen LogP contribution in [0.2, 0.25) is 0 Å². The molecular formula is C10H10Cl2N4O. The molecule has 0 bridgehead atoms. The molecule has 0 fully saturated rings. The molecule has 0 saturated heterocycles. The van der Waals surface area contributed by atoms with Crippen LogP contribution < -0.4 is 11.1 Å². The van der Waals surface area contributed by atoms with E-state index in [4.69, 9.17) is 17.3 Å². The Morgan fingerprint density at radius 2 is 2.24 bits per heavy atom. The fourth-order valence-corrected chi connectivity index (χ4v) is 1.39. The number of nitrogen functional groups attached to an aromatic ring is 1. The van der Waals surface area contributed by atoms with Crippen molar-refractivity contribution in [2.75, 3.05) is 16.9 Å². The number of nitrogens with zero attached hydrogens (tertiary/aromatic N) is 2. The van der Waals surface area contributed by atoms with Gasteiger partial charge in [0.05, 0.1) is 5.52 Å². The Kier molecular flexibility index (Phi) is 4.48. The van der Waals surface area contributed by atoms with Gasteiger partial charge in [-0.1, -0.05) is 0 Å². The summed E-state index contributed by atoms with van der Waals surface area (Å²) in [5, 5.41) is 3.45. The standard InChI is InChI=1S/C10H9ClN4O.ClH/c11-4-9(16)14-7-1-2-8-6(3-7)5-13-10(12)15-8;/h1-3,5H,4H2,(H,14,16)(H2,12,13,15);1H. The van der Waals surface area contributed by atoms with E-state index >= 15 is 0 Å². The maximum Gasteiger partial charge on any atom is 0.239 e. The first-order valence-electron chi connectivity index (χ1n) is 4.57. The first kappa shape index (κ1) is 13.5. The molecule has 1 aromatic heterocycles. The van der Waals surface area contributed by atoms with E-state index in [-0.39, 0.29) is 30.1 Å². The summed E-state index contributed by atoms with van der Waals surface area (Å²) in [5.74, 6) is -0.0987. The lowest BCUT2D eigenvalue weighted by Gasteiger charge is -2.04. The summed E-state index contributed by atoms with van der Waals surface area (Å²) in [5.41, 5.74) is 6.85. The van der Waals surface area contributed by atoms with Crippen LogP contribution in [0.1, 0.15) is 0 Å². The SMILES string of the molecule is Cl.Nc1ncc2cc(NC(=O)CCl)ccc2n1. The number of amides is 1. The van der Waals surface area contributed by atoms with Gasteiger partial charge in [0.15, 0.2) is 0 Å². The predicted molar refractivity (Wildman–Crippen MR) is 70.5 cm³/mol. The van der Waals surface area contributed by atoms with Crippen molar-refractivity contribution >= 4 is 52.5 Å². The highest BCUT2D eigenvalue weighted by molar-refractivity contribution is 6.29. The number of halogens is 2. The minimum atomic E-state index is -0.252. The van der Waals surface area contributed by atoms with Crippen LogP contribution in [0, 0.1) is 0 Å². The number of rotatable bonds is 2. The summed E-state index contributed by atoms with van der Waals surface area (Å²) in [6, 6.07) is 5.26. The normalized spacial score (nSPS) is 9.71. The molecule has 0 aliphatic heterocycles. The third-order valence-corrected chi connectivity index (χ3v) is 2.25. The highest BCUT2D eigenvalue weighted by atomic mass is 35.5.